The second-order valence-electron chi connectivity index (χ2n) is 9.77. The van der Waals surface area contributed by atoms with Crippen LogP contribution >= 0.6 is 0 Å². The predicted molar refractivity (Wildman–Crippen MR) is 129 cm³/mol. The molecule has 0 saturated carbocycles. The molecule has 174 valence electrons. The van der Waals surface area contributed by atoms with Crippen molar-refractivity contribution in [3.63, 3.8) is 0 Å². The molecule has 0 bridgehead atoms. The third-order valence-corrected chi connectivity index (χ3v) is 6.26. The molecule has 0 saturated heterocycles. The molecule has 34 heavy (non-hydrogen) atoms. The Morgan fingerprint density at radius 3 is 2.65 bits per heavy atom. The maximum Gasteiger partial charge on any atom is 0.337 e. The van der Waals surface area contributed by atoms with Crippen LogP contribution in [0.4, 0.5) is 0 Å². The van der Waals surface area contributed by atoms with Crippen molar-refractivity contribution in [1.82, 2.24) is 0 Å². The van der Waals surface area contributed by atoms with Gasteiger partial charge in [0.25, 0.3) is 5.52 Å². The third kappa shape index (κ3) is 3.64. The van der Waals surface area contributed by atoms with Crippen LogP contribution in [0.2, 0.25) is 0 Å². The molecule has 1 aliphatic heterocycles. The summed E-state index contributed by atoms with van der Waals surface area (Å²) in [6.45, 7) is 8.03. The van der Waals surface area contributed by atoms with Gasteiger partial charge < -0.3 is 14.6 Å². The molecule has 6 nitrogen and oxygen atoms in total. The minimum Gasteiger partial charge on any atom is -0.492 e. The molecule has 0 amide bonds. The summed E-state index contributed by atoms with van der Waals surface area (Å²) in [4.78, 5) is 12.5. The molecule has 0 aliphatic carbocycles. The lowest BCUT2D eigenvalue weighted by Crippen LogP contribution is -2.32. The number of rotatable bonds is 4. The Hall–Kier alpha value is -3.64. The van der Waals surface area contributed by atoms with Crippen LogP contribution in [0.1, 0.15) is 43.6 Å². The van der Waals surface area contributed by atoms with Gasteiger partial charge in [0.15, 0.2) is 6.10 Å². The first-order valence-corrected chi connectivity index (χ1v) is 11.4. The molecule has 1 aromatic heterocycles. The Labute approximate surface area is 197 Å². The number of hydrogen-bond donors (Lipinski definition) is 2. The number of carbonyl (C=O) groups is 1. The summed E-state index contributed by atoms with van der Waals surface area (Å²) in [5.41, 5.74) is 3.86. The highest BCUT2D eigenvalue weighted by molar-refractivity contribution is 6.07. The molecular formula is C28H28NO5+. The smallest absolute Gasteiger partial charge is 0.337 e. The number of carboxylic acids is 1. The van der Waals surface area contributed by atoms with Gasteiger partial charge in [-0.05, 0) is 61.7 Å². The van der Waals surface area contributed by atoms with Gasteiger partial charge >= 0.3 is 5.97 Å². The van der Waals surface area contributed by atoms with Crippen molar-refractivity contribution in [2.24, 2.45) is 0 Å². The summed E-state index contributed by atoms with van der Waals surface area (Å²) in [6.07, 6.45) is 1.18. The van der Waals surface area contributed by atoms with Gasteiger partial charge in [-0.2, -0.15) is 0 Å². The molecule has 5 rings (SSSR count). The number of aryl methyl sites for hydroxylation is 1. The molecule has 2 N–H and O–H groups in total. The highest BCUT2D eigenvalue weighted by Gasteiger charge is 2.34. The van der Waals surface area contributed by atoms with E-state index in [0.717, 1.165) is 49.6 Å². The fraction of sp³-hybridized carbons (Fsp3) is 0.286. The van der Waals surface area contributed by atoms with E-state index in [0.29, 0.717) is 23.4 Å². The molecule has 0 fully saturated rings. The zero-order chi connectivity index (χ0) is 24.2. The second kappa shape index (κ2) is 7.99. The molecule has 1 atom stereocenters. The lowest BCUT2D eigenvalue weighted by molar-refractivity contribution is -0.884. The van der Waals surface area contributed by atoms with E-state index in [2.05, 4.69) is 0 Å². The number of carboxylic acid groups (broad SMARTS) is 1. The zero-order valence-corrected chi connectivity index (χ0v) is 19.8. The number of pyridine rings is 1. The van der Waals surface area contributed by atoms with Crippen LogP contribution < -0.4 is 9.47 Å². The first-order valence-electron chi connectivity index (χ1n) is 11.4. The van der Waals surface area contributed by atoms with Gasteiger partial charge in [0.1, 0.15) is 5.75 Å². The van der Waals surface area contributed by atoms with Gasteiger partial charge in [-0.3, -0.25) is 5.21 Å². The van der Waals surface area contributed by atoms with Crippen molar-refractivity contribution in [2.75, 3.05) is 6.61 Å². The maximum absolute atomic E-state index is 12.5. The summed E-state index contributed by atoms with van der Waals surface area (Å²) in [7, 11) is 0. The Bertz CT molecular complexity index is 1440. The highest BCUT2D eigenvalue weighted by Crippen LogP contribution is 2.44. The van der Waals surface area contributed by atoms with E-state index < -0.39 is 17.7 Å². The minimum atomic E-state index is -1.19. The van der Waals surface area contributed by atoms with E-state index in [1.165, 1.54) is 0 Å². The van der Waals surface area contributed by atoms with E-state index >= 15 is 0 Å². The highest BCUT2D eigenvalue weighted by atomic mass is 16.5. The Balaban J connectivity index is 1.94. The van der Waals surface area contributed by atoms with Gasteiger partial charge in [-0.15, -0.1) is 0 Å². The fourth-order valence-corrected chi connectivity index (χ4v) is 4.96. The van der Waals surface area contributed by atoms with Crippen LogP contribution in [0.5, 0.6) is 5.75 Å². The van der Waals surface area contributed by atoms with Crippen LogP contribution in [-0.4, -0.2) is 28.5 Å². The number of ether oxygens (including phenoxy) is 2. The van der Waals surface area contributed by atoms with Crippen molar-refractivity contribution >= 4 is 27.6 Å². The van der Waals surface area contributed by atoms with Crippen molar-refractivity contribution in [2.45, 2.75) is 45.8 Å². The molecule has 3 aromatic carbocycles. The van der Waals surface area contributed by atoms with Crippen LogP contribution in [0.15, 0.2) is 54.7 Å². The quantitative estimate of drug-likeness (QED) is 0.318. The SMILES string of the molecule is Cc1cc2ccccc2c(-c2ccc3c4c(cc[n+](O)c24)CCO3)c1[C@H](OC(C)(C)C)C(=O)O. The molecule has 0 unspecified atom stereocenters. The van der Waals surface area contributed by atoms with Crippen LogP contribution in [0, 0.1) is 6.92 Å². The standard InChI is InChI=1S/C28H27NO5/c1-16-15-18-7-5-6-8-19(18)24(22(16)26(27(30)31)34-28(2,3)4)20-9-10-21-23-17(12-14-33-21)11-13-29(32)25(20)23/h5-11,13,15,26H,12,14H2,1-4H3,(H-,30,31,32)/p+1/t26-/m0/s1. The molecule has 0 radical (unpaired) electrons. The molecule has 0 spiro atoms. The third-order valence-electron chi connectivity index (χ3n) is 6.26. The summed E-state index contributed by atoms with van der Waals surface area (Å²) >= 11 is 0. The van der Waals surface area contributed by atoms with Gasteiger partial charge in [0, 0.05) is 28.3 Å². The maximum atomic E-state index is 12.5. The van der Waals surface area contributed by atoms with E-state index in [1.54, 1.807) is 6.20 Å². The number of nitrogens with zero attached hydrogens (tertiary/aromatic N) is 1. The van der Waals surface area contributed by atoms with Crippen molar-refractivity contribution < 1.29 is 29.3 Å². The van der Waals surface area contributed by atoms with Crippen molar-refractivity contribution in [3.05, 3.63) is 71.4 Å². The van der Waals surface area contributed by atoms with Crippen LogP contribution in [0.25, 0.3) is 32.8 Å². The van der Waals surface area contributed by atoms with Gasteiger partial charge in [0.2, 0.25) is 6.20 Å². The van der Waals surface area contributed by atoms with Crippen molar-refractivity contribution in [1.29, 1.82) is 0 Å². The van der Waals surface area contributed by atoms with Crippen LogP contribution in [-0.2, 0) is 16.0 Å². The van der Waals surface area contributed by atoms with E-state index in [9.17, 15) is 15.1 Å². The molecule has 1 aliphatic rings. The Morgan fingerprint density at radius 2 is 1.91 bits per heavy atom. The number of fused-ring (bicyclic) bond motifs is 1. The largest absolute Gasteiger partial charge is 0.492 e. The molecule has 2 heterocycles. The van der Waals surface area contributed by atoms with Gasteiger partial charge in [-0.25, -0.2) is 4.79 Å². The fourth-order valence-electron chi connectivity index (χ4n) is 4.96. The second-order valence-corrected chi connectivity index (χ2v) is 9.77. The predicted octanol–water partition coefficient (Wildman–Crippen LogP) is 5.37. The molecule has 6 heteroatoms. The topological polar surface area (TPSA) is 79.9 Å². The van der Waals surface area contributed by atoms with Crippen molar-refractivity contribution in [3.8, 4) is 16.9 Å². The monoisotopic (exact) mass is 458 g/mol. The molecular weight excluding hydrogens is 430 g/mol. The first-order chi connectivity index (χ1) is 16.2. The average molecular weight is 459 g/mol. The van der Waals surface area contributed by atoms with Gasteiger partial charge in [-0.1, -0.05) is 30.3 Å². The summed E-state index contributed by atoms with van der Waals surface area (Å²) in [6, 6.07) is 15.6. The summed E-state index contributed by atoms with van der Waals surface area (Å²) in [5.74, 6) is -0.347. The number of hydrogen-bond acceptors (Lipinski definition) is 4. The summed E-state index contributed by atoms with van der Waals surface area (Å²) in [5, 5.41) is 23.9. The normalized spacial score (nSPS) is 14.2. The number of benzene rings is 3. The Morgan fingerprint density at radius 1 is 1.15 bits per heavy atom. The average Bonchev–Trinajstić information content (AvgIpc) is 2.78. The van der Waals surface area contributed by atoms with Gasteiger partial charge in [0.05, 0.1) is 23.2 Å². The number of aliphatic carboxylic acids is 1. The minimum absolute atomic E-state index is 0.579. The zero-order valence-electron chi connectivity index (χ0n) is 19.8. The number of aromatic nitrogens is 1. The molecule has 4 aromatic rings. The summed E-state index contributed by atoms with van der Waals surface area (Å²) < 4.78 is 13.1. The lowest BCUT2D eigenvalue weighted by atomic mass is 9.85. The van der Waals surface area contributed by atoms with E-state index in [-0.39, 0.29) is 0 Å². The lowest BCUT2D eigenvalue weighted by Gasteiger charge is -2.28. The van der Waals surface area contributed by atoms with E-state index in [4.69, 9.17) is 9.47 Å². The van der Waals surface area contributed by atoms with E-state index in [1.807, 2.05) is 76.2 Å². The first kappa shape index (κ1) is 22.2. The van der Waals surface area contributed by atoms with Crippen LogP contribution in [0.3, 0.4) is 0 Å². The Kier molecular flexibility index (Phi) is 5.21.